The number of hydrogen-bond donors (Lipinski definition) is 1. The van der Waals surface area contributed by atoms with Crippen LogP contribution in [0.3, 0.4) is 0 Å². The van der Waals surface area contributed by atoms with Gasteiger partial charge in [0.1, 0.15) is 5.82 Å². The fourth-order valence-electron chi connectivity index (χ4n) is 4.89. The smallest absolute Gasteiger partial charge is 0.263 e. The van der Waals surface area contributed by atoms with Gasteiger partial charge in [-0.05, 0) is 43.0 Å². The van der Waals surface area contributed by atoms with Crippen LogP contribution in [0, 0.1) is 0 Å². The Kier molecular flexibility index (Phi) is 5.60. The van der Waals surface area contributed by atoms with Crippen LogP contribution in [-0.2, 0) is 16.3 Å². The Hall–Kier alpha value is -2.85. The molecular weight excluding hydrogens is 470 g/mol. The molecule has 10 heteroatoms. The lowest BCUT2D eigenvalue weighted by Crippen LogP contribution is -2.30. The topological polar surface area (TPSA) is 87.7 Å². The molecule has 2 fully saturated rings. The van der Waals surface area contributed by atoms with Crippen molar-refractivity contribution in [2.45, 2.75) is 49.2 Å². The van der Waals surface area contributed by atoms with Gasteiger partial charge in [0.05, 0.1) is 31.9 Å². The molecule has 0 radical (unpaired) electrons. The van der Waals surface area contributed by atoms with Crippen LogP contribution in [0.1, 0.15) is 36.8 Å². The second-order valence-electron chi connectivity index (χ2n) is 9.63. The molecule has 7 nitrogen and oxygen atoms in total. The standard InChI is InChI=1S/C25H28F2N6OS/c26-23(27)16-5-8-21-20(13-16)24(32-10-9-18(28)15-32)30-25(29-21)33-11-12-35(34,31-19-6-7-19)22-4-2-1-3-17(22)14-33/h1-5,8,13,18-19,23H,6-7,9-12,14-15,28H2/t18-,35?/m0/s1. The summed E-state index contributed by atoms with van der Waals surface area (Å²) in [6.07, 6.45) is 0.243. The quantitative estimate of drug-likeness (QED) is 0.583. The lowest BCUT2D eigenvalue weighted by atomic mass is 10.1. The van der Waals surface area contributed by atoms with Gasteiger partial charge in [-0.2, -0.15) is 4.98 Å². The summed E-state index contributed by atoms with van der Waals surface area (Å²) in [6.45, 7) is 2.32. The highest BCUT2D eigenvalue weighted by atomic mass is 32.2. The lowest BCUT2D eigenvalue weighted by molar-refractivity contribution is 0.151. The van der Waals surface area contributed by atoms with Crippen LogP contribution in [0.5, 0.6) is 0 Å². The third-order valence-electron chi connectivity index (χ3n) is 6.93. The highest BCUT2D eigenvalue weighted by molar-refractivity contribution is 7.93. The van der Waals surface area contributed by atoms with Crippen molar-refractivity contribution < 1.29 is 13.0 Å². The van der Waals surface area contributed by atoms with Gasteiger partial charge in [0.2, 0.25) is 5.95 Å². The number of halogens is 2. The third kappa shape index (κ3) is 4.33. The number of nitrogens with two attached hydrogens (primary N) is 1. The number of fused-ring (bicyclic) bond motifs is 2. The number of benzene rings is 2. The molecular formula is C25H28F2N6OS. The minimum Gasteiger partial charge on any atom is -0.354 e. The zero-order valence-corrected chi connectivity index (χ0v) is 20.1. The van der Waals surface area contributed by atoms with Crippen LogP contribution in [0.15, 0.2) is 51.7 Å². The van der Waals surface area contributed by atoms with E-state index in [4.69, 9.17) is 20.1 Å². The predicted molar refractivity (Wildman–Crippen MR) is 134 cm³/mol. The van der Waals surface area contributed by atoms with E-state index in [-0.39, 0.29) is 17.6 Å². The third-order valence-corrected chi connectivity index (χ3v) is 9.39. The number of anilines is 2. The number of rotatable bonds is 4. The van der Waals surface area contributed by atoms with Crippen molar-refractivity contribution in [3.05, 3.63) is 53.6 Å². The van der Waals surface area contributed by atoms with Gasteiger partial charge in [-0.25, -0.2) is 22.3 Å². The molecule has 2 N–H and O–H groups in total. The van der Waals surface area contributed by atoms with Gasteiger partial charge in [-0.1, -0.05) is 24.3 Å². The van der Waals surface area contributed by atoms with Crippen molar-refractivity contribution in [2.24, 2.45) is 10.1 Å². The van der Waals surface area contributed by atoms with E-state index in [1.165, 1.54) is 12.1 Å². The second-order valence-corrected chi connectivity index (χ2v) is 12.0. The van der Waals surface area contributed by atoms with Crippen molar-refractivity contribution in [1.29, 1.82) is 0 Å². The summed E-state index contributed by atoms with van der Waals surface area (Å²) in [5, 5.41) is 0.600. The molecule has 3 aliphatic rings. The Bertz CT molecular complexity index is 1400. The van der Waals surface area contributed by atoms with Gasteiger partial charge in [-0.3, -0.25) is 0 Å². The van der Waals surface area contributed by atoms with Gasteiger partial charge in [-0.15, -0.1) is 0 Å². The molecule has 0 amide bonds. The van der Waals surface area contributed by atoms with Crippen LogP contribution in [0.25, 0.3) is 10.9 Å². The maximum absolute atomic E-state index is 14.0. The number of alkyl halides is 2. The molecule has 1 aliphatic carbocycles. The average Bonchev–Trinajstić information content (AvgIpc) is 3.58. The van der Waals surface area contributed by atoms with Gasteiger partial charge in [0.25, 0.3) is 6.43 Å². The van der Waals surface area contributed by atoms with E-state index in [0.717, 1.165) is 29.7 Å². The molecule has 1 aromatic heterocycles. The molecule has 2 aliphatic heterocycles. The van der Waals surface area contributed by atoms with Gasteiger partial charge >= 0.3 is 0 Å². The van der Waals surface area contributed by atoms with Crippen molar-refractivity contribution in [3.8, 4) is 0 Å². The normalized spacial score (nSPS) is 24.6. The minimum absolute atomic E-state index is 0.0144. The Morgan fingerprint density at radius 3 is 2.63 bits per heavy atom. The van der Waals surface area contributed by atoms with E-state index < -0.39 is 16.2 Å². The van der Waals surface area contributed by atoms with E-state index in [1.54, 1.807) is 6.07 Å². The summed E-state index contributed by atoms with van der Waals surface area (Å²) in [4.78, 5) is 14.6. The number of nitrogens with zero attached hydrogens (tertiary/aromatic N) is 5. The summed E-state index contributed by atoms with van der Waals surface area (Å²) in [5.74, 6) is 1.53. The summed E-state index contributed by atoms with van der Waals surface area (Å²) in [7, 11) is -2.54. The Labute approximate surface area is 203 Å². The van der Waals surface area contributed by atoms with Crippen LogP contribution in [-0.4, -0.2) is 51.6 Å². The maximum Gasteiger partial charge on any atom is 0.263 e. The Balaban J connectivity index is 1.45. The molecule has 1 unspecified atom stereocenters. The maximum atomic E-state index is 14.0. The van der Waals surface area contributed by atoms with Crippen molar-refractivity contribution in [3.63, 3.8) is 0 Å². The summed E-state index contributed by atoms with van der Waals surface area (Å²) < 4.78 is 45.7. The number of aromatic nitrogens is 2. The van der Waals surface area contributed by atoms with E-state index in [1.807, 2.05) is 29.2 Å². The summed E-state index contributed by atoms with van der Waals surface area (Å²) in [5.41, 5.74) is 7.67. The fraction of sp³-hybridized carbons (Fsp3) is 0.440. The molecule has 1 saturated carbocycles. The van der Waals surface area contributed by atoms with Gasteiger partial charge in [0.15, 0.2) is 0 Å². The Morgan fingerprint density at radius 1 is 1.06 bits per heavy atom. The first kappa shape index (κ1) is 22.6. The van der Waals surface area contributed by atoms with E-state index in [9.17, 15) is 13.0 Å². The van der Waals surface area contributed by atoms with Crippen LogP contribution in [0.4, 0.5) is 20.5 Å². The lowest BCUT2D eigenvalue weighted by Gasteiger charge is -2.25. The first-order valence-electron chi connectivity index (χ1n) is 12.1. The second kappa shape index (κ2) is 8.67. The van der Waals surface area contributed by atoms with E-state index >= 15 is 0 Å². The first-order chi connectivity index (χ1) is 16.9. The van der Waals surface area contributed by atoms with Crippen LogP contribution in [0.2, 0.25) is 0 Å². The molecule has 2 atom stereocenters. The van der Waals surface area contributed by atoms with Crippen LogP contribution < -0.4 is 15.5 Å². The molecule has 3 heterocycles. The minimum atomic E-state index is -2.57. The van der Waals surface area contributed by atoms with Crippen LogP contribution >= 0.6 is 0 Å². The summed E-state index contributed by atoms with van der Waals surface area (Å²) >= 11 is 0. The van der Waals surface area contributed by atoms with Crippen molar-refractivity contribution in [2.75, 3.05) is 35.2 Å². The molecule has 1 saturated heterocycles. The zero-order chi connectivity index (χ0) is 24.2. The highest BCUT2D eigenvalue weighted by Gasteiger charge is 2.30. The van der Waals surface area contributed by atoms with Crippen molar-refractivity contribution in [1.82, 2.24) is 9.97 Å². The molecule has 6 rings (SSSR count). The molecule has 0 spiro atoms. The van der Waals surface area contributed by atoms with Gasteiger partial charge in [0, 0.05) is 43.2 Å². The zero-order valence-electron chi connectivity index (χ0n) is 19.3. The van der Waals surface area contributed by atoms with Gasteiger partial charge < -0.3 is 15.5 Å². The molecule has 35 heavy (non-hydrogen) atoms. The summed E-state index contributed by atoms with van der Waals surface area (Å²) in [6, 6.07) is 12.5. The molecule has 184 valence electrons. The van der Waals surface area contributed by atoms with E-state index in [2.05, 4.69) is 4.90 Å². The fourth-order valence-corrected chi connectivity index (χ4v) is 7.32. The molecule has 0 bridgehead atoms. The largest absolute Gasteiger partial charge is 0.354 e. The number of hydrogen-bond acceptors (Lipinski definition) is 7. The van der Waals surface area contributed by atoms with Crippen molar-refractivity contribution >= 4 is 32.4 Å². The molecule has 3 aromatic rings. The SMILES string of the molecule is N[C@H]1CCN(c2nc(N3CCS(=O)(=NC4CC4)c4ccccc4C3)nc3ccc(C(F)F)cc23)C1. The average molecular weight is 499 g/mol. The highest BCUT2D eigenvalue weighted by Crippen LogP contribution is 2.35. The van der Waals surface area contributed by atoms with E-state index in [0.29, 0.717) is 54.6 Å². The predicted octanol–water partition coefficient (Wildman–Crippen LogP) is 4.11. The Morgan fingerprint density at radius 2 is 1.89 bits per heavy atom. The first-order valence-corrected chi connectivity index (χ1v) is 13.8. The molecule has 2 aromatic carbocycles. The monoisotopic (exact) mass is 498 g/mol.